The minimum atomic E-state index is 0.544. The zero-order chi connectivity index (χ0) is 16.9. The summed E-state index contributed by atoms with van der Waals surface area (Å²) >= 11 is 1.84. The third kappa shape index (κ3) is 4.06. The topological polar surface area (TPSA) is 24.9 Å². The molecule has 126 valence electrons. The highest BCUT2D eigenvalue weighted by Gasteiger charge is 2.16. The number of hydrogen-bond donors (Lipinski definition) is 1. The molecule has 3 heterocycles. The van der Waals surface area contributed by atoms with E-state index in [9.17, 15) is 0 Å². The fourth-order valence-corrected chi connectivity index (χ4v) is 4.17. The van der Waals surface area contributed by atoms with Gasteiger partial charge < -0.3 is 5.32 Å². The highest BCUT2D eigenvalue weighted by molar-refractivity contribution is 7.11. The maximum Gasteiger partial charge on any atom is 0.0346 e. The van der Waals surface area contributed by atoms with Crippen LogP contribution in [0, 0.1) is 0 Å². The van der Waals surface area contributed by atoms with E-state index in [1.807, 2.05) is 29.8 Å². The number of aryl methyl sites for hydroxylation is 1. The van der Waals surface area contributed by atoms with Crippen LogP contribution in [-0.2, 0) is 6.42 Å². The molecule has 4 rings (SSSR count). The van der Waals surface area contributed by atoms with E-state index >= 15 is 0 Å². The fraction of sp³-hybridized carbons (Fsp3) is 0.227. The number of pyridine rings is 1. The average molecular weight is 346 g/mol. The van der Waals surface area contributed by atoms with Gasteiger partial charge in [-0.2, -0.15) is 0 Å². The molecule has 3 heteroatoms. The molecule has 25 heavy (non-hydrogen) atoms. The van der Waals surface area contributed by atoms with Crippen molar-refractivity contribution in [2.24, 2.45) is 0 Å². The molecule has 2 nitrogen and oxygen atoms in total. The number of thiophene rings is 1. The Kier molecular flexibility index (Phi) is 5.05. The molecule has 1 aliphatic heterocycles. The summed E-state index contributed by atoms with van der Waals surface area (Å²) in [6.45, 7) is 0.972. The SMILES string of the molecule is C1=C(c2cccs2)CC(CCc2cncc(-c3ccccc3)c2)NC1. The Morgan fingerprint density at radius 1 is 1.04 bits per heavy atom. The average Bonchev–Trinajstić information content (AvgIpc) is 3.23. The first kappa shape index (κ1) is 16.2. The van der Waals surface area contributed by atoms with Crippen LogP contribution in [0.1, 0.15) is 23.3 Å². The van der Waals surface area contributed by atoms with Crippen molar-refractivity contribution in [3.8, 4) is 11.1 Å². The number of aromatic nitrogens is 1. The largest absolute Gasteiger partial charge is 0.310 e. The van der Waals surface area contributed by atoms with Gasteiger partial charge in [-0.1, -0.05) is 42.5 Å². The van der Waals surface area contributed by atoms with Gasteiger partial charge in [-0.25, -0.2) is 0 Å². The van der Waals surface area contributed by atoms with Crippen molar-refractivity contribution in [1.29, 1.82) is 0 Å². The summed E-state index contributed by atoms with van der Waals surface area (Å²) in [6.07, 6.45) is 9.61. The van der Waals surface area contributed by atoms with Gasteiger partial charge in [0.2, 0.25) is 0 Å². The van der Waals surface area contributed by atoms with Crippen LogP contribution in [0.15, 0.2) is 72.4 Å². The van der Waals surface area contributed by atoms with E-state index in [1.165, 1.54) is 27.1 Å². The van der Waals surface area contributed by atoms with Gasteiger partial charge in [-0.3, -0.25) is 4.98 Å². The van der Waals surface area contributed by atoms with Gasteiger partial charge in [-0.05, 0) is 53.5 Å². The minimum absolute atomic E-state index is 0.544. The van der Waals surface area contributed by atoms with Gasteiger partial charge in [0.25, 0.3) is 0 Å². The summed E-state index contributed by atoms with van der Waals surface area (Å²) in [5.74, 6) is 0. The molecule has 2 aromatic heterocycles. The zero-order valence-electron chi connectivity index (χ0n) is 14.2. The molecule has 3 aromatic rings. The molecule has 1 aromatic carbocycles. The highest BCUT2D eigenvalue weighted by atomic mass is 32.1. The Bertz CT molecular complexity index is 837. The molecule has 0 spiro atoms. The Balaban J connectivity index is 1.40. The van der Waals surface area contributed by atoms with Crippen LogP contribution >= 0.6 is 11.3 Å². The second-order valence-electron chi connectivity index (χ2n) is 6.50. The second-order valence-corrected chi connectivity index (χ2v) is 7.45. The summed E-state index contributed by atoms with van der Waals surface area (Å²) in [6, 6.07) is 17.7. The Hall–Kier alpha value is -2.23. The zero-order valence-corrected chi connectivity index (χ0v) is 15.0. The van der Waals surface area contributed by atoms with Gasteiger partial charge in [0, 0.05) is 35.4 Å². The smallest absolute Gasteiger partial charge is 0.0346 e. The molecule has 0 amide bonds. The Labute approximate surface area is 153 Å². The van der Waals surface area contributed by atoms with Crippen LogP contribution < -0.4 is 5.32 Å². The maximum atomic E-state index is 4.45. The molecule has 1 N–H and O–H groups in total. The van der Waals surface area contributed by atoms with E-state index in [0.717, 1.165) is 25.8 Å². The Morgan fingerprint density at radius 3 is 2.80 bits per heavy atom. The van der Waals surface area contributed by atoms with Crippen LogP contribution in [0.4, 0.5) is 0 Å². The van der Waals surface area contributed by atoms with E-state index in [4.69, 9.17) is 0 Å². The van der Waals surface area contributed by atoms with Crippen LogP contribution in [0.25, 0.3) is 16.7 Å². The molecule has 1 aliphatic rings. The molecule has 0 radical (unpaired) electrons. The molecule has 0 saturated carbocycles. The molecule has 1 unspecified atom stereocenters. The molecule has 0 saturated heterocycles. The first-order valence-electron chi connectivity index (χ1n) is 8.84. The molecule has 0 fully saturated rings. The normalized spacial score (nSPS) is 17.3. The monoisotopic (exact) mass is 346 g/mol. The van der Waals surface area contributed by atoms with Crippen molar-refractivity contribution in [3.05, 3.63) is 82.8 Å². The fourth-order valence-electron chi connectivity index (χ4n) is 3.39. The quantitative estimate of drug-likeness (QED) is 0.688. The summed E-state index contributed by atoms with van der Waals surface area (Å²) < 4.78 is 0. The molecular weight excluding hydrogens is 324 g/mol. The number of benzene rings is 1. The number of rotatable bonds is 5. The summed E-state index contributed by atoms with van der Waals surface area (Å²) in [4.78, 5) is 5.87. The van der Waals surface area contributed by atoms with Crippen molar-refractivity contribution in [2.75, 3.05) is 6.54 Å². The van der Waals surface area contributed by atoms with Crippen molar-refractivity contribution in [1.82, 2.24) is 10.3 Å². The predicted octanol–water partition coefficient (Wildman–Crippen LogP) is 5.19. The summed E-state index contributed by atoms with van der Waals surface area (Å²) in [5.41, 5.74) is 5.25. The van der Waals surface area contributed by atoms with Gasteiger partial charge >= 0.3 is 0 Å². The van der Waals surface area contributed by atoms with E-state index in [1.54, 1.807) is 0 Å². The molecule has 0 aliphatic carbocycles. The van der Waals surface area contributed by atoms with Gasteiger partial charge in [0.15, 0.2) is 0 Å². The maximum absolute atomic E-state index is 4.45. The highest BCUT2D eigenvalue weighted by Crippen LogP contribution is 2.28. The van der Waals surface area contributed by atoms with Crippen LogP contribution in [0.3, 0.4) is 0 Å². The lowest BCUT2D eigenvalue weighted by Gasteiger charge is -2.24. The predicted molar refractivity (Wildman–Crippen MR) is 107 cm³/mol. The van der Waals surface area contributed by atoms with E-state index in [-0.39, 0.29) is 0 Å². The summed E-state index contributed by atoms with van der Waals surface area (Å²) in [7, 11) is 0. The van der Waals surface area contributed by atoms with E-state index in [0.29, 0.717) is 6.04 Å². The number of nitrogens with zero attached hydrogens (tertiary/aromatic N) is 1. The lowest BCUT2D eigenvalue weighted by Crippen LogP contribution is -2.33. The third-order valence-electron chi connectivity index (χ3n) is 4.74. The lowest BCUT2D eigenvalue weighted by molar-refractivity contribution is 0.501. The van der Waals surface area contributed by atoms with Crippen molar-refractivity contribution < 1.29 is 0 Å². The van der Waals surface area contributed by atoms with Crippen molar-refractivity contribution in [3.63, 3.8) is 0 Å². The second kappa shape index (κ2) is 7.77. The van der Waals surface area contributed by atoms with Crippen molar-refractivity contribution >= 4 is 16.9 Å². The van der Waals surface area contributed by atoms with Gasteiger partial charge in [0.05, 0.1) is 0 Å². The van der Waals surface area contributed by atoms with Crippen LogP contribution in [0.2, 0.25) is 0 Å². The van der Waals surface area contributed by atoms with Gasteiger partial charge in [-0.15, -0.1) is 11.3 Å². The minimum Gasteiger partial charge on any atom is -0.310 e. The Morgan fingerprint density at radius 2 is 1.96 bits per heavy atom. The molecule has 0 bridgehead atoms. The first-order valence-corrected chi connectivity index (χ1v) is 9.72. The van der Waals surface area contributed by atoms with E-state index < -0.39 is 0 Å². The van der Waals surface area contributed by atoms with Crippen LogP contribution in [0.5, 0.6) is 0 Å². The van der Waals surface area contributed by atoms with E-state index in [2.05, 4.69) is 64.2 Å². The standard InChI is InChI=1S/C22H22N2S/c1-2-5-18(6-3-1)20-13-17(15-23-16-20)8-9-21-14-19(10-11-24-21)22-7-4-12-25-22/h1-7,10,12-13,15-16,21,24H,8-9,11,14H2. The van der Waals surface area contributed by atoms with Crippen LogP contribution in [-0.4, -0.2) is 17.6 Å². The number of nitrogens with one attached hydrogen (secondary N) is 1. The third-order valence-corrected chi connectivity index (χ3v) is 5.69. The van der Waals surface area contributed by atoms with Crippen molar-refractivity contribution in [2.45, 2.75) is 25.3 Å². The van der Waals surface area contributed by atoms with Gasteiger partial charge in [0.1, 0.15) is 0 Å². The molecule has 1 atom stereocenters. The lowest BCUT2D eigenvalue weighted by atomic mass is 9.95. The summed E-state index contributed by atoms with van der Waals surface area (Å²) in [5, 5.41) is 5.80. The molecular formula is C22H22N2S. The number of hydrogen-bond acceptors (Lipinski definition) is 3. The first-order chi connectivity index (χ1) is 12.4.